The molecule has 2 heterocycles. The van der Waals surface area contributed by atoms with Crippen LogP contribution in [0, 0.1) is 10.1 Å². The summed E-state index contributed by atoms with van der Waals surface area (Å²) in [6.45, 7) is 5.69. The maximum atomic E-state index is 13.1. The molecule has 0 radical (unpaired) electrons. The molecule has 8 nitrogen and oxygen atoms in total. The molecule has 2 aromatic rings. The Labute approximate surface area is 181 Å². The summed E-state index contributed by atoms with van der Waals surface area (Å²) >= 11 is 0. The van der Waals surface area contributed by atoms with Crippen molar-refractivity contribution in [2.45, 2.75) is 32.2 Å². The number of amides is 1. The molecule has 31 heavy (non-hydrogen) atoms. The number of rotatable bonds is 5. The molecule has 2 aliphatic heterocycles. The number of ether oxygens (including phenoxy) is 1. The van der Waals surface area contributed by atoms with E-state index in [4.69, 9.17) is 4.74 Å². The molecule has 1 atom stereocenters. The third kappa shape index (κ3) is 4.80. The molecular formula is C23H28N4O4. The normalized spacial score (nSPS) is 19.2. The van der Waals surface area contributed by atoms with Gasteiger partial charge in [-0.3, -0.25) is 14.9 Å². The van der Waals surface area contributed by atoms with Crippen LogP contribution in [0.1, 0.15) is 36.5 Å². The highest BCUT2D eigenvalue weighted by Crippen LogP contribution is 2.29. The molecule has 0 bridgehead atoms. The first-order valence-corrected chi connectivity index (χ1v) is 10.8. The quantitative estimate of drug-likeness (QED) is 0.575. The maximum Gasteiger partial charge on any atom is 0.270 e. The molecule has 164 valence electrons. The number of anilines is 3. The van der Waals surface area contributed by atoms with E-state index in [1.54, 1.807) is 6.07 Å². The van der Waals surface area contributed by atoms with Crippen molar-refractivity contribution in [2.24, 2.45) is 0 Å². The molecule has 0 unspecified atom stereocenters. The highest BCUT2D eigenvalue weighted by molar-refractivity contribution is 6.08. The number of nitro benzene ring substituents is 1. The highest BCUT2D eigenvalue weighted by Gasteiger charge is 2.23. The van der Waals surface area contributed by atoms with Gasteiger partial charge in [-0.2, -0.15) is 0 Å². The van der Waals surface area contributed by atoms with Crippen molar-refractivity contribution in [3.8, 4) is 0 Å². The van der Waals surface area contributed by atoms with Gasteiger partial charge < -0.3 is 19.9 Å². The largest absolute Gasteiger partial charge is 0.378 e. The number of hydrogen-bond donors (Lipinski definition) is 1. The number of benzene rings is 2. The molecule has 2 aromatic carbocycles. The molecule has 4 rings (SSSR count). The Morgan fingerprint density at radius 3 is 2.52 bits per heavy atom. The van der Waals surface area contributed by atoms with Crippen molar-refractivity contribution in [3.05, 3.63) is 58.1 Å². The summed E-state index contributed by atoms with van der Waals surface area (Å²) in [5.74, 6) is -0.357. The monoisotopic (exact) mass is 424 g/mol. The van der Waals surface area contributed by atoms with E-state index < -0.39 is 4.92 Å². The summed E-state index contributed by atoms with van der Waals surface area (Å²) in [6, 6.07) is 12.8. The van der Waals surface area contributed by atoms with Gasteiger partial charge >= 0.3 is 0 Å². The topological polar surface area (TPSA) is 88.0 Å². The molecule has 1 amide bonds. The second kappa shape index (κ2) is 9.34. The summed E-state index contributed by atoms with van der Waals surface area (Å²) in [7, 11) is 0. The lowest BCUT2D eigenvalue weighted by Gasteiger charge is -2.35. The molecule has 8 heteroatoms. The fourth-order valence-corrected chi connectivity index (χ4v) is 4.32. The van der Waals surface area contributed by atoms with Crippen molar-refractivity contribution in [3.63, 3.8) is 0 Å². The van der Waals surface area contributed by atoms with Crippen LogP contribution in [0.3, 0.4) is 0 Å². The fourth-order valence-electron chi connectivity index (χ4n) is 4.32. The van der Waals surface area contributed by atoms with Crippen molar-refractivity contribution in [1.29, 1.82) is 0 Å². The number of hydrogen-bond acceptors (Lipinski definition) is 6. The smallest absolute Gasteiger partial charge is 0.270 e. The average Bonchev–Trinajstić information content (AvgIpc) is 2.80. The zero-order valence-electron chi connectivity index (χ0n) is 17.8. The first-order chi connectivity index (χ1) is 15.0. The van der Waals surface area contributed by atoms with Crippen LogP contribution in [0.15, 0.2) is 42.5 Å². The van der Waals surface area contributed by atoms with E-state index in [0.717, 1.165) is 12.2 Å². The third-order valence-corrected chi connectivity index (χ3v) is 6.05. The van der Waals surface area contributed by atoms with Gasteiger partial charge in [0, 0.05) is 49.2 Å². The minimum absolute atomic E-state index is 0.100. The number of non-ortho nitro benzene ring substituents is 1. The highest BCUT2D eigenvalue weighted by atomic mass is 16.6. The zero-order valence-corrected chi connectivity index (χ0v) is 17.8. The number of carbonyl (C=O) groups is 1. The van der Waals surface area contributed by atoms with Crippen molar-refractivity contribution >= 4 is 28.7 Å². The first-order valence-electron chi connectivity index (χ1n) is 10.8. The van der Waals surface area contributed by atoms with E-state index >= 15 is 0 Å². The number of nitrogens with zero attached hydrogens (tertiary/aromatic N) is 3. The van der Waals surface area contributed by atoms with Crippen LogP contribution >= 0.6 is 0 Å². The first kappa shape index (κ1) is 21.1. The van der Waals surface area contributed by atoms with Crippen LogP contribution in [-0.4, -0.2) is 49.7 Å². The van der Waals surface area contributed by atoms with Crippen LogP contribution in [0.4, 0.5) is 22.7 Å². The Balaban J connectivity index is 1.54. The van der Waals surface area contributed by atoms with Crippen molar-refractivity contribution < 1.29 is 14.5 Å². The zero-order chi connectivity index (χ0) is 21.8. The fraction of sp³-hybridized carbons (Fsp3) is 0.435. The van der Waals surface area contributed by atoms with Crippen molar-refractivity contribution in [1.82, 2.24) is 0 Å². The third-order valence-electron chi connectivity index (χ3n) is 6.05. The SMILES string of the molecule is C[C@H]1CCCCN1c1ccc(NC(=O)c2cc([N+](=O)[O-])ccc2N2CCOCC2)cc1. The Kier molecular flexibility index (Phi) is 6.36. The van der Waals surface area contributed by atoms with E-state index in [9.17, 15) is 14.9 Å². The molecule has 2 fully saturated rings. The average molecular weight is 425 g/mol. The summed E-state index contributed by atoms with van der Waals surface area (Å²) in [5.41, 5.74) is 2.69. The summed E-state index contributed by atoms with van der Waals surface area (Å²) in [6.07, 6.45) is 3.65. The number of nitrogens with one attached hydrogen (secondary N) is 1. The number of nitro groups is 1. The summed E-state index contributed by atoms with van der Waals surface area (Å²) < 4.78 is 5.39. The molecule has 0 aromatic heterocycles. The van der Waals surface area contributed by atoms with E-state index in [1.165, 1.54) is 31.4 Å². The number of piperidine rings is 1. The lowest BCUT2D eigenvalue weighted by Crippen LogP contribution is -2.37. The van der Waals surface area contributed by atoms with Gasteiger partial charge in [0.15, 0.2) is 0 Å². The van der Waals surface area contributed by atoms with Crippen molar-refractivity contribution in [2.75, 3.05) is 48.0 Å². The Hall–Kier alpha value is -3.13. The van der Waals surface area contributed by atoms with Gasteiger partial charge in [-0.15, -0.1) is 0 Å². The van der Waals surface area contributed by atoms with E-state index in [0.29, 0.717) is 49.3 Å². The van der Waals surface area contributed by atoms with Gasteiger partial charge in [-0.25, -0.2) is 0 Å². The predicted octanol–water partition coefficient (Wildman–Crippen LogP) is 4.06. The van der Waals surface area contributed by atoms with Gasteiger partial charge in [-0.05, 0) is 56.5 Å². The van der Waals surface area contributed by atoms with Gasteiger partial charge in [0.25, 0.3) is 11.6 Å². The number of morpholine rings is 1. The standard InChI is InChI=1S/C23H28N4O4/c1-17-4-2-3-11-26(17)19-7-5-18(6-8-19)24-23(28)21-16-20(27(29)30)9-10-22(21)25-12-14-31-15-13-25/h5-10,16-17H,2-4,11-15H2,1H3,(H,24,28)/t17-/m0/s1. The molecule has 0 spiro atoms. The Morgan fingerprint density at radius 2 is 1.84 bits per heavy atom. The van der Waals surface area contributed by atoms with E-state index in [-0.39, 0.29) is 11.6 Å². The van der Waals surface area contributed by atoms with Crippen LogP contribution < -0.4 is 15.1 Å². The molecular weight excluding hydrogens is 396 g/mol. The minimum Gasteiger partial charge on any atom is -0.378 e. The van der Waals surface area contributed by atoms with Crippen LogP contribution in [0.2, 0.25) is 0 Å². The molecule has 0 saturated carbocycles. The minimum atomic E-state index is -0.478. The van der Waals surface area contributed by atoms with Gasteiger partial charge in [0.2, 0.25) is 0 Å². The lowest BCUT2D eigenvalue weighted by atomic mass is 10.0. The molecule has 2 saturated heterocycles. The summed E-state index contributed by atoms with van der Waals surface area (Å²) in [5, 5.41) is 14.2. The van der Waals surface area contributed by atoms with Crippen LogP contribution in [0.5, 0.6) is 0 Å². The second-order valence-corrected chi connectivity index (χ2v) is 8.10. The predicted molar refractivity (Wildman–Crippen MR) is 121 cm³/mol. The Bertz CT molecular complexity index is 941. The Morgan fingerprint density at radius 1 is 1.10 bits per heavy atom. The second-order valence-electron chi connectivity index (χ2n) is 8.10. The van der Waals surface area contributed by atoms with Crippen LogP contribution in [0.25, 0.3) is 0 Å². The lowest BCUT2D eigenvalue weighted by molar-refractivity contribution is -0.384. The number of carbonyl (C=O) groups excluding carboxylic acids is 1. The maximum absolute atomic E-state index is 13.1. The van der Waals surface area contributed by atoms with Gasteiger partial charge in [-0.1, -0.05) is 0 Å². The van der Waals surface area contributed by atoms with Gasteiger partial charge in [0.05, 0.1) is 29.4 Å². The van der Waals surface area contributed by atoms with Gasteiger partial charge in [0.1, 0.15) is 0 Å². The van der Waals surface area contributed by atoms with E-state index in [1.807, 2.05) is 29.2 Å². The summed E-state index contributed by atoms with van der Waals surface area (Å²) in [4.78, 5) is 28.3. The van der Waals surface area contributed by atoms with E-state index in [2.05, 4.69) is 17.1 Å². The van der Waals surface area contributed by atoms with Crippen LogP contribution in [-0.2, 0) is 4.74 Å². The molecule has 2 aliphatic rings. The molecule has 1 N–H and O–H groups in total. The molecule has 0 aliphatic carbocycles.